The second-order valence-electron chi connectivity index (χ2n) is 5.94. The van der Waals surface area contributed by atoms with Crippen LogP contribution < -0.4 is 0 Å². The zero-order chi connectivity index (χ0) is 11.1. The molecule has 0 aromatic carbocycles. The van der Waals surface area contributed by atoms with Gasteiger partial charge >= 0.3 is 0 Å². The summed E-state index contributed by atoms with van der Waals surface area (Å²) in [6, 6.07) is 2.46. The second kappa shape index (κ2) is 3.49. The molecule has 0 amide bonds. The molecule has 2 aliphatic carbocycles. The molecule has 15 heavy (non-hydrogen) atoms. The minimum absolute atomic E-state index is 0.433. The van der Waals surface area contributed by atoms with Gasteiger partial charge in [0.05, 0.1) is 17.1 Å². The minimum Gasteiger partial charge on any atom is -0.388 e. The molecule has 2 atom stereocenters. The molecule has 2 nitrogen and oxygen atoms in total. The maximum atomic E-state index is 10.6. The van der Waals surface area contributed by atoms with Crippen molar-refractivity contribution in [1.82, 2.24) is 0 Å². The van der Waals surface area contributed by atoms with Crippen LogP contribution in [-0.4, -0.2) is 10.7 Å². The molecule has 0 aromatic heterocycles. The largest absolute Gasteiger partial charge is 0.388 e. The first kappa shape index (κ1) is 11.0. The summed E-state index contributed by atoms with van der Waals surface area (Å²) in [5, 5.41) is 20.0. The maximum Gasteiger partial charge on any atom is 0.0863 e. The summed E-state index contributed by atoms with van der Waals surface area (Å²) in [4.78, 5) is 0. The molecule has 0 bridgehead atoms. The van der Waals surface area contributed by atoms with E-state index < -0.39 is 11.0 Å². The molecule has 0 aliphatic heterocycles. The number of aliphatic hydroxyl groups is 1. The Morgan fingerprint density at radius 2 is 1.87 bits per heavy atom. The highest BCUT2D eigenvalue weighted by molar-refractivity contribution is 5.17. The van der Waals surface area contributed by atoms with E-state index in [1.807, 2.05) is 0 Å². The van der Waals surface area contributed by atoms with Crippen LogP contribution in [-0.2, 0) is 0 Å². The van der Waals surface area contributed by atoms with Crippen molar-refractivity contribution in [2.75, 3.05) is 0 Å². The third kappa shape index (κ3) is 1.58. The van der Waals surface area contributed by atoms with Crippen LogP contribution >= 0.6 is 0 Å². The molecular formula is C13H21NO. The summed E-state index contributed by atoms with van der Waals surface area (Å²) in [5.41, 5.74) is -1.10. The van der Waals surface area contributed by atoms with Crippen LogP contribution in [0.4, 0.5) is 0 Å². The standard InChI is InChI=1S/C13H21NO/c1-10-4-3-5-12(6-10,9-14)13(15)7-11(2)8-13/h10-11,15H,3-8H2,1-2H3. The van der Waals surface area contributed by atoms with Gasteiger partial charge in [-0.25, -0.2) is 0 Å². The van der Waals surface area contributed by atoms with Crippen molar-refractivity contribution in [2.45, 2.75) is 58.0 Å². The lowest BCUT2D eigenvalue weighted by molar-refractivity contribution is -0.157. The Balaban J connectivity index is 2.18. The van der Waals surface area contributed by atoms with E-state index in [1.165, 1.54) is 6.42 Å². The normalized spacial score (nSPS) is 50.5. The highest BCUT2D eigenvalue weighted by Gasteiger charge is 2.57. The molecule has 0 saturated heterocycles. The smallest absolute Gasteiger partial charge is 0.0863 e. The molecule has 2 unspecified atom stereocenters. The number of hydrogen-bond donors (Lipinski definition) is 1. The number of hydrogen-bond acceptors (Lipinski definition) is 2. The molecule has 2 saturated carbocycles. The van der Waals surface area contributed by atoms with Gasteiger partial charge < -0.3 is 5.11 Å². The van der Waals surface area contributed by atoms with Gasteiger partial charge in [0.25, 0.3) is 0 Å². The van der Waals surface area contributed by atoms with Crippen LogP contribution in [0.1, 0.15) is 52.4 Å². The van der Waals surface area contributed by atoms with E-state index in [-0.39, 0.29) is 0 Å². The Hall–Kier alpha value is -0.550. The van der Waals surface area contributed by atoms with E-state index in [1.54, 1.807) is 0 Å². The molecule has 1 N–H and O–H groups in total. The Morgan fingerprint density at radius 3 is 2.33 bits per heavy atom. The second-order valence-corrected chi connectivity index (χ2v) is 5.94. The number of nitriles is 1. The van der Waals surface area contributed by atoms with Crippen LogP contribution in [0.25, 0.3) is 0 Å². The summed E-state index contributed by atoms with van der Waals surface area (Å²) in [7, 11) is 0. The molecule has 2 heteroatoms. The van der Waals surface area contributed by atoms with E-state index >= 15 is 0 Å². The maximum absolute atomic E-state index is 10.6. The van der Waals surface area contributed by atoms with Gasteiger partial charge in [-0.3, -0.25) is 0 Å². The third-order valence-corrected chi connectivity index (χ3v) is 4.47. The molecule has 2 aliphatic rings. The average molecular weight is 207 g/mol. The number of rotatable bonds is 1. The van der Waals surface area contributed by atoms with Crippen LogP contribution in [0.5, 0.6) is 0 Å². The fourth-order valence-electron chi connectivity index (χ4n) is 3.66. The van der Waals surface area contributed by atoms with Gasteiger partial charge in [0, 0.05) is 0 Å². The fourth-order valence-corrected chi connectivity index (χ4v) is 3.66. The van der Waals surface area contributed by atoms with Crippen molar-refractivity contribution in [3.8, 4) is 6.07 Å². The Labute approximate surface area is 92.3 Å². The van der Waals surface area contributed by atoms with Gasteiger partial charge in [0.2, 0.25) is 0 Å². The molecule has 0 radical (unpaired) electrons. The summed E-state index contributed by atoms with van der Waals surface area (Å²) >= 11 is 0. The quantitative estimate of drug-likeness (QED) is 0.718. The van der Waals surface area contributed by atoms with Crippen molar-refractivity contribution >= 4 is 0 Å². The monoisotopic (exact) mass is 207 g/mol. The molecule has 0 aromatic rings. The van der Waals surface area contributed by atoms with Crippen LogP contribution in [0, 0.1) is 28.6 Å². The predicted molar refractivity (Wildman–Crippen MR) is 59.0 cm³/mol. The van der Waals surface area contributed by atoms with Gasteiger partial charge in [-0.2, -0.15) is 5.26 Å². The zero-order valence-electron chi connectivity index (χ0n) is 9.79. The first-order valence-electron chi connectivity index (χ1n) is 6.15. The summed E-state index contributed by atoms with van der Waals surface area (Å²) in [6.07, 6.45) is 5.77. The van der Waals surface area contributed by atoms with E-state index in [0.717, 1.165) is 32.1 Å². The van der Waals surface area contributed by atoms with E-state index in [0.29, 0.717) is 11.8 Å². The lowest BCUT2D eigenvalue weighted by Crippen LogP contribution is -2.57. The van der Waals surface area contributed by atoms with Crippen LogP contribution in [0.15, 0.2) is 0 Å². The van der Waals surface area contributed by atoms with Crippen molar-refractivity contribution < 1.29 is 5.11 Å². The molecule has 0 heterocycles. The molecule has 0 spiro atoms. The first-order chi connectivity index (χ1) is 7.01. The van der Waals surface area contributed by atoms with Crippen LogP contribution in [0.3, 0.4) is 0 Å². The summed E-state index contributed by atoms with van der Waals surface area (Å²) in [6.45, 7) is 4.36. The summed E-state index contributed by atoms with van der Waals surface area (Å²) in [5.74, 6) is 1.19. The molecule has 2 fully saturated rings. The lowest BCUT2D eigenvalue weighted by atomic mass is 9.52. The topological polar surface area (TPSA) is 44.0 Å². The highest BCUT2D eigenvalue weighted by Crippen LogP contribution is 2.56. The molecular weight excluding hydrogens is 186 g/mol. The van der Waals surface area contributed by atoms with E-state index in [2.05, 4.69) is 19.9 Å². The van der Waals surface area contributed by atoms with Crippen molar-refractivity contribution in [1.29, 1.82) is 5.26 Å². The van der Waals surface area contributed by atoms with Gasteiger partial charge in [-0.05, 0) is 37.5 Å². The molecule has 2 rings (SSSR count). The Bertz CT molecular complexity index is 287. The van der Waals surface area contributed by atoms with E-state index in [9.17, 15) is 10.4 Å². The first-order valence-corrected chi connectivity index (χ1v) is 6.15. The molecule has 84 valence electrons. The lowest BCUT2D eigenvalue weighted by Gasteiger charge is -2.54. The van der Waals surface area contributed by atoms with Crippen LogP contribution in [0.2, 0.25) is 0 Å². The van der Waals surface area contributed by atoms with Gasteiger partial charge in [0.15, 0.2) is 0 Å². The van der Waals surface area contributed by atoms with Gasteiger partial charge in [0.1, 0.15) is 0 Å². The van der Waals surface area contributed by atoms with Crippen molar-refractivity contribution in [3.63, 3.8) is 0 Å². The van der Waals surface area contributed by atoms with E-state index in [4.69, 9.17) is 0 Å². The summed E-state index contributed by atoms with van der Waals surface area (Å²) < 4.78 is 0. The fraction of sp³-hybridized carbons (Fsp3) is 0.923. The van der Waals surface area contributed by atoms with Crippen molar-refractivity contribution in [2.24, 2.45) is 17.3 Å². The zero-order valence-corrected chi connectivity index (χ0v) is 9.79. The SMILES string of the molecule is CC1CC(O)(C2(C#N)CCCC(C)C2)C1. The van der Waals surface area contributed by atoms with Crippen molar-refractivity contribution in [3.05, 3.63) is 0 Å². The Kier molecular flexibility index (Phi) is 2.55. The predicted octanol–water partition coefficient (Wildman–Crippen LogP) is 2.87. The Morgan fingerprint density at radius 1 is 1.20 bits per heavy atom. The van der Waals surface area contributed by atoms with Gasteiger partial charge in [-0.15, -0.1) is 0 Å². The number of nitrogens with zero attached hydrogens (tertiary/aromatic N) is 1. The third-order valence-electron chi connectivity index (χ3n) is 4.47. The highest BCUT2D eigenvalue weighted by atomic mass is 16.3. The average Bonchev–Trinajstić information content (AvgIpc) is 2.15. The van der Waals surface area contributed by atoms with Gasteiger partial charge in [-0.1, -0.05) is 26.7 Å². The minimum atomic E-state index is -0.671.